The van der Waals surface area contributed by atoms with Crippen molar-refractivity contribution >= 4 is 5.91 Å². The van der Waals surface area contributed by atoms with Gasteiger partial charge in [0.1, 0.15) is 17.5 Å². The summed E-state index contributed by atoms with van der Waals surface area (Å²) in [6.45, 7) is 10.2. The summed E-state index contributed by atoms with van der Waals surface area (Å²) in [7, 11) is 1.58. The van der Waals surface area contributed by atoms with Crippen molar-refractivity contribution < 1.29 is 23.1 Å². The minimum atomic E-state index is -1.28. The van der Waals surface area contributed by atoms with E-state index in [1.807, 2.05) is 0 Å². The number of carbonyl (C=O) groups excluding carboxylic acids is 1. The van der Waals surface area contributed by atoms with Crippen LogP contribution in [0.4, 0.5) is 13.2 Å². The third kappa shape index (κ3) is 6.05. The lowest BCUT2D eigenvalue weighted by atomic mass is 9.82. The van der Waals surface area contributed by atoms with Gasteiger partial charge in [-0.05, 0) is 58.5 Å². The Balaban J connectivity index is 3.71. The molecule has 0 aliphatic heterocycles. The fraction of sp³-hybridized carbons (Fsp3) is 0.409. The number of hydrogen-bond donors (Lipinski definition) is 2. The van der Waals surface area contributed by atoms with Crippen molar-refractivity contribution in [3.8, 4) is 0 Å². The van der Waals surface area contributed by atoms with Gasteiger partial charge in [0.2, 0.25) is 5.91 Å². The summed E-state index contributed by atoms with van der Waals surface area (Å²) in [5.41, 5.74) is -0.344. The molecular formula is C22H29F3N2O2. The van der Waals surface area contributed by atoms with Gasteiger partial charge < -0.3 is 15.3 Å². The molecule has 0 bridgehead atoms. The third-order valence-electron chi connectivity index (χ3n) is 4.95. The SMILES string of the molecule is C=C/C(F)=C/N(C(=O)C(C)(C)/C(C)=C/C)C(c1cc(F)cc(F)c1)C(O)CNC. The molecule has 0 radical (unpaired) electrons. The zero-order chi connectivity index (χ0) is 22.4. The number of rotatable bonds is 9. The first-order chi connectivity index (χ1) is 13.5. The Labute approximate surface area is 170 Å². The van der Waals surface area contributed by atoms with Gasteiger partial charge in [-0.15, -0.1) is 0 Å². The molecule has 7 heteroatoms. The number of allylic oxidation sites excluding steroid dienone is 3. The number of amides is 1. The van der Waals surface area contributed by atoms with Gasteiger partial charge in [-0.2, -0.15) is 0 Å². The fourth-order valence-electron chi connectivity index (χ4n) is 2.94. The highest BCUT2D eigenvalue weighted by atomic mass is 19.1. The first kappa shape index (κ1) is 24.7. The van der Waals surface area contributed by atoms with Crippen LogP contribution in [-0.4, -0.2) is 35.6 Å². The lowest BCUT2D eigenvalue weighted by Crippen LogP contribution is -2.46. The van der Waals surface area contributed by atoms with Gasteiger partial charge >= 0.3 is 0 Å². The molecule has 160 valence electrons. The Morgan fingerprint density at radius 1 is 1.31 bits per heavy atom. The van der Waals surface area contributed by atoms with Gasteiger partial charge in [0.25, 0.3) is 0 Å². The van der Waals surface area contributed by atoms with E-state index in [4.69, 9.17) is 0 Å². The first-order valence-electron chi connectivity index (χ1n) is 9.24. The predicted octanol–water partition coefficient (Wildman–Crippen LogP) is 4.40. The van der Waals surface area contributed by atoms with Gasteiger partial charge in [0.15, 0.2) is 0 Å². The summed E-state index contributed by atoms with van der Waals surface area (Å²) in [6, 6.07) is 1.48. The van der Waals surface area contributed by atoms with Crippen molar-refractivity contribution in [1.82, 2.24) is 10.2 Å². The monoisotopic (exact) mass is 410 g/mol. The molecule has 0 spiro atoms. The van der Waals surface area contributed by atoms with E-state index in [-0.39, 0.29) is 12.1 Å². The quantitative estimate of drug-likeness (QED) is 0.469. The van der Waals surface area contributed by atoms with E-state index in [0.29, 0.717) is 11.6 Å². The number of hydrogen-bond acceptors (Lipinski definition) is 3. The highest BCUT2D eigenvalue weighted by Gasteiger charge is 2.39. The van der Waals surface area contributed by atoms with Crippen molar-refractivity contribution in [2.24, 2.45) is 5.41 Å². The van der Waals surface area contributed by atoms with Crippen LogP contribution in [0.1, 0.15) is 39.3 Å². The highest BCUT2D eigenvalue weighted by molar-refractivity contribution is 5.86. The molecule has 4 nitrogen and oxygen atoms in total. The van der Waals surface area contributed by atoms with E-state index >= 15 is 0 Å². The standard InChI is InChI=1S/C22H29F3N2O2/c1-7-14(3)22(4,5)21(29)27(13-16(23)8-2)20(19(28)12-26-6)15-9-17(24)11-18(25)10-15/h7-11,13,19-20,26,28H,2,12H2,1,3-6H3/b14-7+,16-13-. The van der Waals surface area contributed by atoms with Crippen molar-refractivity contribution in [2.75, 3.05) is 13.6 Å². The number of nitrogens with zero attached hydrogens (tertiary/aromatic N) is 1. The summed E-state index contributed by atoms with van der Waals surface area (Å²) >= 11 is 0. The number of halogens is 3. The number of aliphatic hydroxyl groups excluding tert-OH is 1. The first-order valence-corrected chi connectivity index (χ1v) is 9.24. The highest BCUT2D eigenvalue weighted by Crippen LogP contribution is 2.35. The zero-order valence-corrected chi connectivity index (χ0v) is 17.5. The van der Waals surface area contributed by atoms with Gasteiger partial charge in [0, 0.05) is 18.8 Å². The number of nitrogens with one attached hydrogen (secondary N) is 1. The summed E-state index contributed by atoms with van der Waals surface area (Å²) in [4.78, 5) is 14.4. The lowest BCUT2D eigenvalue weighted by Gasteiger charge is -2.38. The summed E-state index contributed by atoms with van der Waals surface area (Å²) in [5, 5.41) is 13.5. The average molecular weight is 410 g/mol. The molecule has 0 saturated heterocycles. The number of carbonyl (C=O) groups is 1. The van der Waals surface area contributed by atoms with E-state index in [2.05, 4.69) is 11.9 Å². The van der Waals surface area contributed by atoms with E-state index in [1.54, 1.807) is 40.8 Å². The van der Waals surface area contributed by atoms with E-state index in [0.717, 1.165) is 29.3 Å². The normalized spacial score (nSPS) is 15.1. The van der Waals surface area contributed by atoms with Gasteiger partial charge in [-0.3, -0.25) is 4.79 Å². The van der Waals surface area contributed by atoms with Crippen molar-refractivity contribution in [3.63, 3.8) is 0 Å². The third-order valence-corrected chi connectivity index (χ3v) is 4.95. The Morgan fingerprint density at radius 3 is 2.31 bits per heavy atom. The molecule has 0 aliphatic rings. The van der Waals surface area contributed by atoms with E-state index in [9.17, 15) is 23.1 Å². The molecule has 1 aromatic carbocycles. The second-order valence-electron chi connectivity index (χ2n) is 7.30. The minimum Gasteiger partial charge on any atom is -0.389 e. The van der Waals surface area contributed by atoms with Gasteiger partial charge in [-0.1, -0.05) is 18.2 Å². The summed E-state index contributed by atoms with van der Waals surface area (Å²) < 4.78 is 42.0. The molecule has 1 rings (SSSR count). The van der Waals surface area contributed by atoms with Crippen molar-refractivity contribution in [2.45, 2.75) is 39.8 Å². The van der Waals surface area contributed by atoms with Crippen LogP contribution in [0.5, 0.6) is 0 Å². The van der Waals surface area contributed by atoms with Gasteiger partial charge in [-0.25, -0.2) is 13.2 Å². The molecule has 2 atom stereocenters. The van der Waals surface area contributed by atoms with Crippen molar-refractivity contribution in [3.05, 3.63) is 71.7 Å². The number of aliphatic hydroxyl groups is 1. The number of benzene rings is 1. The maximum absolute atomic E-state index is 14.2. The van der Waals surface area contributed by atoms with Crippen LogP contribution in [0, 0.1) is 17.0 Å². The maximum Gasteiger partial charge on any atom is 0.237 e. The molecule has 0 aromatic heterocycles. The Kier molecular flexibility index (Phi) is 8.85. The van der Waals surface area contributed by atoms with Crippen LogP contribution in [0.3, 0.4) is 0 Å². The Morgan fingerprint density at radius 2 is 1.86 bits per heavy atom. The fourth-order valence-corrected chi connectivity index (χ4v) is 2.94. The molecule has 0 heterocycles. The zero-order valence-electron chi connectivity index (χ0n) is 17.5. The molecule has 0 aliphatic carbocycles. The second-order valence-corrected chi connectivity index (χ2v) is 7.30. The predicted molar refractivity (Wildman–Crippen MR) is 108 cm³/mol. The minimum absolute atomic E-state index is 0.000596. The van der Waals surface area contributed by atoms with Crippen LogP contribution in [0.25, 0.3) is 0 Å². The second kappa shape index (κ2) is 10.4. The topological polar surface area (TPSA) is 52.6 Å². The number of likely N-dealkylation sites (N-methyl/N-ethyl adjacent to an activating group) is 1. The molecule has 29 heavy (non-hydrogen) atoms. The largest absolute Gasteiger partial charge is 0.389 e. The van der Waals surface area contributed by atoms with Crippen LogP contribution in [-0.2, 0) is 4.79 Å². The molecule has 1 aromatic rings. The van der Waals surface area contributed by atoms with Crippen LogP contribution in [0.2, 0.25) is 0 Å². The maximum atomic E-state index is 14.2. The molecule has 0 saturated carbocycles. The van der Waals surface area contributed by atoms with Crippen LogP contribution < -0.4 is 5.32 Å². The van der Waals surface area contributed by atoms with Gasteiger partial charge in [0.05, 0.1) is 17.6 Å². The molecular weight excluding hydrogens is 381 g/mol. The Bertz CT molecular complexity index is 783. The summed E-state index contributed by atoms with van der Waals surface area (Å²) in [6.07, 6.45) is 2.28. The van der Waals surface area contributed by atoms with Crippen LogP contribution in [0.15, 0.2) is 54.5 Å². The molecule has 2 unspecified atom stereocenters. The molecule has 2 N–H and O–H groups in total. The van der Waals surface area contributed by atoms with Crippen LogP contribution >= 0.6 is 0 Å². The molecule has 0 fully saturated rings. The smallest absolute Gasteiger partial charge is 0.237 e. The summed E-state index contributed by atoms with van der Waals surface area (Å²) in [5.74, 6) is -3.11. The van der Waals surface area contributed by atoms with E-state index in [1.165, 1.54) is 0 Å². The average Bonchev–Trinajstić information content (AvgIpc) is 2.65. The lowest BCUT2D eigenvalue weighted by molar-refractivity contribution is -0.140. The van der Waals surface area contributed by atoms with E-state index < -0.39 is 40.9 Å². The van der Waals surface area contributed by atoms with Crippen molar-refractivity contribution in [1.29, 1.82) is 0 Å². The Hall–Kier alpha value is -2.38. The molecule has 1 amide bonds.